The highest BCUT2D eigenvalue weighted by atomic mass is 32.2. The van der Waals surface area contributed by atoms with Gasteiger partial charge >= 0.3 is 0 Å². The Labute approximate surface area is 209 Å². The Balaban J connectivity index is 1.96. The summed E-state index contributed by atoms with van der Waals surface area (Å²) in [7, 11) is 0. The van der Waals surface area contributed by atoms with E-state index in [0.29, 0.717) is 27.4 Å². The lowest BCUT2D eigenvalue weighted by Crippen LogP contribution is -2.32. The lowest BCUT2D eigenvalue weighted by molar-refractivity contribution is -0.127. The molecule has 2 heterocycles. The molecule has 0 N–H and O–H groups in total. The zero-order valence-electron chi connectivity index (χ0n) is 18.9. The Bertz CT molecular complexity index is 1490. The first kappa shape index (κ1) is 24.3. The van der Waals surface area contributed by atoms with Gasteiger partial charge in [0.05, 0.1) is 17.1 Å². The highest BCUT2D eigenvalue weighted by Gasteiger charge is 2.22. The molecular weight excluding hydrogens is 491 g/mol. The van der Waals surface area contributed by atoms with Gasteiger partial charge in [-0.1, -0.05) is 53.4 Å². The van der Waals surface area contributed by atoms with Crippen LogP contribution in [-0.4, -0.2) is 43.8 Å². The molecule has 34 heavy (non-hydrogen) atoms. The molecule has 0 saturated heterocycles. The summed E-state index contributed by atoms with van der Waals surface area (Å²) in [5, 5.41) is 0.234. The number of para-hydroxylation sites is 2. The van der Waals surface area contributed by atoms with Crippen LogP contribution < -0.4 is 5.56 Å². The molecule has 0 spiro atoms. The van der Waals surface area contributed by atoms with Gasteiger partial charge in [-0.25, -0.2) is 9.37 Å². The van der Waals surface area contributed by atoms with Crippen molar-refractivity contribution in [1.82, 2.24) is 19.0 Å². The van der Waals surface area contributed by atoms with E-state index in [1.807, 2.05) is 45.0 Å². The number of thioether (sulfide) groups is 1. The molecular formula is C24H23FN4O2S3. The second-order valence-corrected chi connectivity index (χ2v) is 10.1. The number of benzene rings is 2. The molecule has 0 saturated carbocycles. The summed E-state index contributed by atoms with van der Waals surface area (Å²) in [6.07, 6.45) is 0. The molecule has 0 unspecified atom stereocenters. The minimum atomic E-state index is -0.551. The van der Waals surface area contributed by atoms with Crippen LogP contribution in [0.3, 0.4) is 0 Å². The number of carbonyl (C=O) groups excluding carboxylic acids is 1. The smallest absolute Gasteiger partial charge is 0.278 e. The minimum Gasteiger partial charge on any atom is -0.343 e. The Hall–Kier alpha value is -2.82. The Morgan fingerprint density at radius 2 is 1.74 bits per heavy atom. The van der Waals surface area contributed by atoms with Crippen molar-refractivity contribution in [2.45, 2.75) is 25.9 Å². The third-order valence-electron chi connectivity index (χ3n) is 5.47. The fraction of sp³-hybridized carbons (Fsp3) is 0.250. The second kappa shape index (κ2) is 10.2. The lowest BCUT2D eigenvalue weighted by Gasteiger charge is -2.19. The summed E-state index contributed by atoms with van der Waals surface area (Å²) in [5.41, 5.74) is 1.87. The number of rotatable bonds is 7. The number of thiazole rings is 1. The van der Waals surface area contributed by atoms with E-state index in [0.717, 1.165) is 34.3 Å². The summed E-state index contributed by atoms with van der Waals surface area (Å²) < 4.78 is 18.6. The largest absolute Gasteiger partial charge is 0.343 e. The van der Waals surface area contributed by atoms with Crippen molar-refractivity contribution in [3.05, 3.63) is 74.2 Å². The van der Waals surface area contributed by atoms with E-state index < -0.39 is 11.4 Å². The number of hydrogen-bond donors (Lipinski definition) is 0. The third-order valence-corrected chi connectivity index (χ3v) is 7.74. The molecule has 10 heteroatoms. The van der Waals surface area contributed by atoms with E-state index in [1.54, 1.807) is 21.6 Å². The molecule has 0 radical (unpaired) electrons. The Morgan fingerprint density at radius 1 is 1.09 bits per heavy atom. The molecule has 4 rings (SSSR count). The Kier molecular flexibility index (Phi) is 7.30. The number of amides is 1. The van der Waals surface area contributed by atoms with Gasteiger partial charge in [0.1, 0.15) is 10.5 Å². The van der Waals surface area contributed by atoms with Crippen molar-refractivity contribution < 1.29 is 9.18 Å². The molecule has 0 bridgehead atoms. The molecule has 2 aromatic heterocycles. The summed E-state index contributed by atoms with van der Waals surface area (Å²) in [4.78, 5) is 32.8. The summed E-state index contributed by atoms with van der Waals surface area (Å²) in [5.74, 6) is -0.557. The van der Waals surface area contributed by atoms with Crippen LogP contribution in [0.25, 0.3) is 21.7 Å². The zero-order chi connectivity index (χ0) is 24.4. The first-order chi connectivity index (χ1) is 16.4. The molecule has 1 amide bonds. The van der Waals surface area contributed by atoms with Gasteiger partial charge in [-0.15, -0.1) is 0 Å². The summed E-state index contributed by atoms with van der Waals surface area (Å²) in [6.45, 7) is 6.94. The maximum atomic E-state index is 14.8. The predicted octanol–water partition coefficient (Wildman–Crippen LogP) is 5.38. The first-order valence-corrected chi connectivity index (χ1v) is 13.0. The van der Waals surface area contributed by atoms with Gasteiger partial charge in [0.25, 0.3) is 5.56 Å². The van der Waals surface area contributed by atoms with Crippen LogP contribution in [0.4, 0.5) is 4.39 Å². The number of fused-ring (bicyclic) bond motifs is 1. The van der Waals surface area contributed by atoms with Gasteiger partial charge < -0.3 is 4.90 Å². The van der Waals surface area contributed by atoms with E-state index in [1.165, 1.54) is 16.7 Å². The highest BCUT2D eigenvalue weighted by molar-refractivity contribution is 7.99. The molecule has 0 fully saturated rings. The number of aromatic nitrogens is 3. The normalized spacial score (nSPS) is 11.2. The molecule has 0 atom stereocenters. The van der Waals surface area contributed by atoms with E-state index in [9.17, 15) is 14.0 Å². The summed E-state index contributed by atoms with van der Waals surface area (Å²) >= 11 is 7.87. The monoisotopic (exact) mass is 514 g/mol. The van der Waals surface area contributed by atoms with E-state index >= 15 is 0 Å². The predicted molar refractivity (Wildman–Crippen MR) is 139 cm³/mol. The molecule has 6 nitrogen and oxygen atoms in total. The zero-order valence-corrected chi connectivity index (χ0v) is 21.4. The van der Waals surface area contributed by atoms with Crippen LogP contribution in [0.5, 0.6) is 0 Å². The molecule has 4 aromatic rings. The fourth-order valence-electron chi connectivity index (χ4n) is 3.70. The SMILES string of the molecule is CCN(CC)C(=O)CSc1nc2c(sc(=S)n2-c2ccccc2C)c(=O)n1-c1ccccc1F. The molecule has 0 aliphatic heterocycles. The van der Waals surface area contributed by atoms with Crippen molar-refractivity contribution in [2.75, 3.05) is 18.8 Å². The third kappa shape index (κ3) is 4.45. The minimum absolute atomic E-state index is 0.0727. The van der Waals surface area contributed by atoms with Crippen molar-refractivity contribution in [3.63, 3.8) is 0 Å². The van der Waals surface area contributed by atoms with Crippen LogP contribution in [0, 0.1) is 16.7 Å². The van der Waals surface area contributed by atoms with Crippen LogP contribution >= 0.6 is 35.3 Å². The standard InChI is InChI=1S/C24H23FN4O2S3/c1-4-27(5-2)19(30)14-33-23-26-21-20(22(31)29(23)18-13-9-7-11-16(18)25)34-24(32)28(21)17-12-8-6-10-15(17)3/h6-13H,4-5,14H2,1-3H3. The van der Waals surface area contributed by atoms with Crippen LogP contribution in [0.15, 0.2) is 58.5 Å². The highest BCUT2D eigenvalue weighted by Crippen LogP contribution is 2.29. The average molecular weight is 515 g/mol. The quantitative estimate of drug-likeness (QED) is 0.188. The van der Waals surface area contributed by atoms with E-state index in [-0.39, 0.29) is 22.5 Å². The van der Waals surface area contributed by atoms with Gasteiger partial charge in [0.2, 0.25) is 5.91 Å². The Morgan fingerprint density at radius 3 is 2.38 bits per heavy atom. The number of carbonyl (C=O) groups is 1. The van der Waals surface area contributed by atoms with Crippen molar-refractivity contribution in [1.29, 1.82) is 0 Å². The van der Waals surface area contributed by atoms with Crippen molar-refractivity contribution in [3.8, 4) is 11.4 Å². The van der Waals surface area contributed by atoms with Gasteiger partial charge in [-0.3, -0.25) is 18.7 Å². The van der Waals surface area contributed by atoms with Gasteiger partial charge in [0.15, 0.2) is 14.8 Å². The molecule has 176 valence electrons. The maximum Gasteiger partial charge on any atom is 0.278 e. The van der Waals surface area contributed by atoms with Crippen LogP contribution in [0.1, 0.15) is 19.4 Å². The van der Waals surface area contributed by atoms with Crippen LogP contribution in [-0.2, 0) is 4.79 Å². The lowest BCUT2D eigenvalue weighted by atomic mass is 10.2. The van der Waals surface area contributed by atoms with Gasteiger partial charge in [0, 0.05) is 13.1 Å². The summed E-state index contributed by atoms with van der Waals surface area (Å²) in [6, 6.07) is 13.7. The molecule has 0 aliphatic rings. The number of halogens is 1. The molecule has 0 aliphatic carbocycles. The van der Waals surface area contributed by atoms with E-state index in [4.69, 9.17) is 17.2 Å². The number of aryl methyl sites for hydroxylation is 1. The van der Waals surface area contributed by atoms with Gasteiger partial charge in [-0.05, 0) is 56.8 Å². The maximum absolute atomic E-state index is 14.8. The van der Waals surface area contributed by atoms with Crippen molar-refractivity contribution in [2.24, 2.45) is 0 Å². The van der Waals surface area contributed by atoms with E-state index in [2.05, 4.69) is 0 Å². The first-order valence-electron chi connectivity index (χ1n) is 10.8. The van der Waals surface area contributed by atoms with Crippen molar-refractivity contribution >= 4 is 51.6 Å². The van der Waals surface area contributed by atoms with Gasteiger partial charge in [-0.2, -0.15) is 0 Å². The molecule has 2 aromatic carbocycles. The van der Waals surface area contributed by atoms with Crippen LogP contribution in [0.2, 0.25) is 0 Å². The number of hydrogen-bond acceptors (Lipinski definition) is 6. The second-order valence-electron chi connectivity index (χ2n) is 7.48. The topological polar surface area (TPSA) is 60.1 Å². The fourth-order valence-corrected chi connectivity index (χ4v) is 5.89. The average Bonchev–Trinajstić information content (AvgIpc) is 3.15. The number of nitrogens with zero attached hydrogens (tertiary/aromatic N) is 4.